The first-order chi connectivity index (χ1) is 8.55. The number of aliphatic carboxylic acids is 1. The van der Waals surface area contributed by atoms with Crippen LogP contribution >= 0.6 is 0 Å². The summed E-state index contributed by atoms with van der Waals surface area (Å²) in [5, 5.41) is 4.16. The maximum absolute atomic E-state index is 13.2. The van der Waals surface area contributed by atoms with Crippen molar-refractivity contribution in [2.24, 2.45) is 5.73 Å². The normalized spacial score (nSPS) is 14.1. The van der Waals surface area contributed by atoms with Gasteiger partial charge in [0.15, 0.2) is 0 Å². The average molecular weight is 295 g/mol. The van der Waals surface area contributed by atoms with Crippen molar-refractivity contribution in [3.63, 3.8) is 0 Å². The minimum Gasteiger partial charge on any atom is -0.480 e. The Morgan fingerprint density at radius 3 is 2.16 bits per heavy atom. The van der Waals surface area contributed by atoms with Crippen LogP contribution in [-0.2, 0) is 26.6 Å². The molecule has 0 aromatic heterocycles. The first-order valence-electron chi connectivity index (χ1n) is 4.98. The van der Waals surface area contributed by atoms with Crippen LogP contribution in [0.1, 0.15) is 11.1 Å². The molecule has 0 aliphatic heterocycles. The number of nitrogens with two attached hydrogens (primary N) is 1. The van der Waals surface area contributed by atoms with Crippen molar-refractivity contribution < 1.29 is 31.7 Å². The highest BCUT2D eigenvalue weighted by Crippen LogP contribution is 2.33. The topological polar surface area (TPSA) is 118 Å². The molecule has 1 aromatic carbocycles. The van der Waals surface area contributed by atoms with E-state index in [1.165, 1.54) is 0 Å². The molecule has 0 fully saturated rings. The fourth-order valence-corrected chi connectivity index (χ4v) is 1.76. The van der Waals surface area contributed by atoms with Crippen molar-refractivity contribution in [2.75, 3.05) is 0 Å². The molecule has 0 amide bonds. The molecule has 9 heteroatoms. The SMILES string of the molecule is N[C@@H](Cc1ccc(C(F)(F)S(=O)(=O)O)cc1)C(=O)O. The molecule has 6 nitrogen and oxygen atoms in total. The fourth-order valence-electron chi connectivity index (χ4n) is 1.33. The van der Waals surface area contributed by atoms with E-state index in [1.807, 2.05) is 0 Å². The van der Waals surface area contributed by atoms with Crippen LogP contribution in [0, 0.1) is 0 Å². The average Bonchev–Trinajstić information content (AvgIpc) is 2.28. The number of hydrogen-bond donors (Lipinski definition) is 3. The molecule has 0 unspecified atom stereocenters. The minimum atomic E-state index is -5.56. The van der Waals surface area contributed by atoms with Gasteiger partial charge in [-0.2, -0.15) is 17.2 Å². The zero-order valence-corrected chi connectivity index (χ0v) is 10.3. The minimum absolute atomic E-state index is 0.0902. The molecule has 4 N–H and O–H groups in total. The fraction of sp³-hybridized carbons (Fsp3) is 0.300. The number of carbonyl (C=O) groups is 1. The smallest absolute Gasteiger partial charge is 0.395 e. The van der Waals surface area contributed by atoms with E-state index < -0.39 is 32.9 Å². The van der Waals surface area contributed by atoms with Gasteiger partial charge < -0.3 is 10.8 Å². The van der Waals surface area contributed by atoms with Crippen LogP contribution in [0.2, 0.25) is 0 Å². The first-order valence-corrected chi connectivity index (χ1v) is 6.42. The van der Waals surface area contributed by atoms with Crippen LogP contribution < -0.4 is 5.73 Å². The second kappa shape index (κ2) is 5.19. The Morgan fingerprint density at radius 2 is 1.79 bits per heavy atom. The highest BCUT2D eigenvalue weighted by Gasteiger charge is 2.45. The van der Waals surface area contributed by atoms with Gasteiger partial charge in [-0.1, -0.05) is 24.3 Å². The maximum Gasteiger partial charge on any atom is 0.395 e. The molecule has 19 heavy (non-hydrogen) atoms. The Hall–Kier alpha value is -1.58. The Morgan fingerprint density at radius 1 is 1.32 bits per heavy atom. The lowest BCUT2D eigenvalue weighted by Gasteiger charge is -2.14. The van der Waals surface area contributed by atoms with Crippen LogP contribution in [0.5, 0.6) is 0 Å². The van der Waals surface area contributed by atoms with Gasteiger partial charge in [-0.25, -0.2) is 0 Å². The van der Waals surface area contributed by atoms with E-state index in [-0.39, 0.29) is 6.42 Å². The zero-order chi connectivity index (χ0) is 14.8. The molecule has 1 rings (SSSR count). The number of rotatable bonds is 5. The number of hydrogen-bond acceptors (Lipinski definition) is 4. The van der Waals surface area contributed by atoms with Crippen molar-refractivity contribution in [3.8, 4) is 0 Å². The predicted molar refractivity (Wildman–Crippen MR) is 61.2 cm³/mol. The molecule has 0 spiro atoms. The predicted octanol–water partition coefficient (Wildman–Crippen LogP) is 0.578. The maximum atomic E-state index is 13.2. The molecule has 0 aliphatic rings. The summed E-state index contributed by atoms with van der Waals surface area (Å²) < 4.78 is 55.9. The van der Waals surface area contributed by atoms with Gasteiger partial charge in [0.2, 0.25) is 0 Å². The lowest BCUT2D eigenvalue weighted by molar-refractivity contribution is -0.138. The monoisotopic (exact) mass is 295 g/mol. The highest BCUT2D eigenvalue weighted by molar-refractivity contribution is 7.86. The summed E-state index contributed by atoms with van der Waals surface area (Å²) in [5.41, 5.74) is 4.70. The Balaban J connectivity index is 2.98. The number of carboxylic acid groups (broad SMARTS) is 1. The molecule has 1 atom stereocenters. The molecule has 106 valence electrons. The lowest BCUT2D eigenvalue weighted by atomic mass is 10.0. The van der Waals surface area contributed by atoms with Gasteiger partial charge >= 0.3 is 21.3 Å². The van der Waals surface area contributed by atoms with Crippen LogP contribution in [0.4, 0.5) is 8.78 Å². The quantitative estimate of drug-likeness (QED) is 0.684. The van der Waals surface area contributed by atoms with Crippen molar-refractivity contribution in [1.29, 1.82) is 0 Å². The third-order valence-electron chi connectivity index (χ3n) is 2.39. The summed E-state index contributed by atoms with van der Waals surface area (Å²) in [6.45, 7) is 0. The molecular weight excluding hydrogens is 284 g/mol. The van der Waals surface area contributed by atoms with Gasteiger partial charge in [0.05, 0.1) is 0 Å². The van der Waals surface area contributed by atoms with Gasteiger partial charge in [0.1, 0.15) is 6.04 Å². The third kappa shape index (κ3) is 3.46. The van der Waals surface area contributed by atoms with Crippen molar-refractivity contribution in [2.45, 2.75) is 17.7 Å². The lowest BCUT2D eigenvalue weighted by Crippen LogP contribution is -2.32. The number of carboxylic acids is 1. The van der Waals surface area contributed by atoms with E-state index in [1.54, 1.807) is 0 Å². The largest absolute Gasteiger partial charge is 0.480 e. The summed E-state index contributed by atoms with van der Waals surface area (Å²) in [4.78, 5) is 10.5. The second-order valence-corrected chi connectivity index (χ2v) is 5.30. The molecule has 0 heterocycles. The number of halogens is 2. The van der Waals surface area contributed by atoms with E-state index in [2.05, 4.69) is 0 Å². The van der Waals surface area contributed by atoms with Crippen molar-refractivity contribution in [1.82, 2.24) is 0 Å². The Kier molecular flexibility index (Phi) is 4.23. The molecule has 0 bridgehead atoms. The molecular formula is C10H11F2NO5S. The zero-order valence-electron chi connectivity index (χ0n) is 9.45. The van der Waals surface area contributed by atoms with E-state index >= 15 is 0 Å². The summed E-state index contributed by atoms with van der Waals surface area (Å²) in [6.07, 6.45) is -0.0902. The Labute approximate surface area is 107 Å². The van der Waals surface area contributed by atoms with Crippen LogP contribution in [0.3, 0.4) is 0 Å². The van der Waals surface area contributed by atoms with Crippen LogP contribution in [-0.4, -0.2) is 30.1 Å². The van der Waals surface area contributed by atoms with Crippen molar-refractivity contribution >= 4 is 16.1 Å². The summed E-state index contributed by atoms with van der Waals surface area (Å²) in [7, 11) is -5.56. The second-order valence-electron chi connectivity index (χ2n) is 3.84. The summed E-state index contributed by atoms with van der Waals surface area (Å²) >= 11 is 0. The number of benzene rings is 1. The Bertz CT molecular complexity index is 570. The van der Waals surface area contributed by atoms with Gasteiger partial charge in [0, 0.05) is 5.56 Å². The molecule has 0 saturated carbocycles. The van der Waals surface area contributed by atoms with E-state index in [9.17, 15) is 22.0 Å². The van der Waals surface area contributed by atoms with E-state index in [0.717, 1.165) is 24.3 Å². The van der Waals surface area contributed by atoms with Crippen LogP contribution in [0.15, 0.2) is 24.3 Å². The molecule has 0 saturated heterocycles. The first kappa shape index (κ1) is 15.5. The van der Waals surface area contributed by atoms with Gasteiger partial charge in [0.25, 0.3) is 0 Å². The summed E-state index contributed by atoms with van der Waals surface area (Å²) in [6, 6.07) is 2.64. The van der Waals surface area contributed by atoms with Crippen LogP contribution in [0.25, 0.3) is 0 Å². The standard InChI is InChI=1S/C10H11F2NO5S/c11-10(12,19(16,17)18)7-3-1-6(2-4-7)5-8(13)9(14)15/h1-4,8H,5,13H2,(H,14,15)(H,16,17,18)/t8-/m0/s1. The third-order valence-corrected chi connectivity index (χ3v) is 3.27. The summed E-state index contributed by atoms with van der Waals surface area (Å²) in [5.74, 6) is -1.24. The van der Waals surface area contributed by atoms with Gasteiger partial charge in [-0.15, -0.1) is 0 Å². The van der Waals surface area contributed by atoms with Gasteiger partial charge in [-0.05, 0) is 12.0 Å². The number of alkyl halides is 2. The van der Waals surface area contributed by atoms with Gasteiger partial charge in [-0.3, -0.25) is 9.35 Å². The van der Waals surface area contributed by atoms with Crippen molar-refractivity contribution in [3.05, 3.63) is 35.4 Å². The molecule has 0 radical (unpaired) electrons. The van der Waals surface area contributed by atoms with E-state index in [0.29, 0.717) is 5.56 Å². The van der Waals surface area contributed by atoms with E-state index in [4.69, 9.17) is 15.4 Å². The molecule has 1 aromatic rings. The molecule has 0 aliphatic carbocycles. The highest BCUT2D eigenvalue weighted by atomic mass is 32.2.